The van der Waals surface area contributed by atoms with Gasteiger partial charge in [0.05, 0.1) is 12.2 Å². The molecule has 2 N–H and O–H groups in total. The van der Waals surface area contributed by atoms with Gasteiger partial charge in [0.15, 0.2) is 6.29 Å². The van der Waals surface area contributed by atoms with E-state index in [4.69, 9.17) is 10.5 Å². The predicted octanol–water partition coefficient (Wildman–Crippen LogP) is 1.87. The summed E-state index contributed by atoms with van der Waals surface area (Å²) in [6.07, 6.45) is 0.685. The van der Waals surface area contributed by atoms with Gasteiger partial charge >= 0.3 is 5.97 Å². The second kappa shape index (κ2) is 4.79. The zero-order valence-electron chi connectivity index (χ0n) is 9.66. The number of benzene rings is 1. The molecule has 0 aliphatic heterocycles. The van der Waals surface area contributed by atoms with E-state index in [1.54, 1.807) is 26.8 Å². The van der Waals surface area contributed by atoms with Crippen LogP contribution in [0.5, 0.6) is 0 Å². The van der Waals surface area contributed by atoms with Gasteiger partial charge < -0.3 is 10.5 Å². The van der Waals surface area contributed by atoms with Crippen LogP contribution in [0.15, 0.2) is 6.07 Å². The Morgan fingerprint density at radius 2 is 2.12 bits per heavy atom. The van der Waals surface area contributed by atoms with Crippen LogP contribution < -0.4 is 5.73 Å². The Hall–Kier alpha value is -1.84. The summed E-state index contributed by atoms with van der Waals surface area (Å²) in [5.74, 6) is -0.401. The van der Waals surface area contributed by atoms with Crippen LogP contribution in [-0.4, -0.2) is 18.9 Å². The van der Waals surface area contributed by atoms with Crippen LogP contribution in [0.3, 0.4) is 0 Å². The summed E-state index contributed by atoms with van der Waals surface area (Å²) < 4.78 is 4.94. The summed E-state index contributed by atoms with van der Waals surface area (Å²) >= 11 is 0. The van der Waals surface area contributed by atoms with Crippen molar-refractivity contribution in [2.75, 3.05) is 12.3 Å². The van der Waals surface area contributed by atoms with Crippen LogP contribution >= 0.6 is 0 Å². The predicted molar refractivity (Wildman–Crippen MR) is 61.7 cm³/mol. The van der Waals surface area contributed by atoms with Crippen LogP contribution in [0.25, 0.3) is 0 Å². The highest BCUT2D eigenvalue weighted by Crippen LogP contribution is 2.24. The van der Waals surface area contributed by atoms with Gasteiger partial charge in [-0.3, -0.25) is 4.79 Å². The third kappa shape index (κ3) is 2.05. The number of aldehydes is 1. The molecule has 0 radical (unpaired) electrons. The van der Waals surface area contributed by atoms with Gasteiger partial charge in [-0.1, -0.05) is 0 Å². The molecule has 0 aromatic heterocycles. The van der Waals surface area contributed by atoms with Gasteiger partial charge in [0, 0.05) is 11.3 Å². The standard InChI is InChI=1S/C12H15NO3/c1-4-16-12(15)10-7(2)5-9(6-14)11(13)8(10)3/h5-6H,4,13H2,1-3H3. The average Bonchev–Trinajstić information content (AvgIpc) is 2.24. The van der Waals surface area contributed by atoms with Crippen LogP contribution in [-0.2, 0) is 4.74 Å². The third-order valence-electron chi connectivity index (χ3n) is 2.46. The number of nitrogens with two attached hydrogens (primary N) is 1. The SMILES string of the molecule is CCOC(=O)c1c(C)cc(C=O)c(N)c1C. The van der Waals surface area contributed by atoms with E-state index in [2.05, 4.69) is 0 Å². The molecule has 0 heterocycles. The molecule has 0 spiro atoms. The number of aryl methyl sites for hydroxylation is 1. The molecule has 16 heavy (non-hydrogen) atoms. The number of esters is 1. The first kappa shape index (κ1) is 12.2. The minimum absolute atomic E-state index is 0.313. The van der Waals surface area contributed by atoms with Gasteiger partial charge in [0.25, 0.3) is 0 Å². The van der Waals surface area contributed by atoms with Crippen molar-refractivity contribution in [2.24, 2.45) is 0 Å². The lowest BCUT2D eigenvalue weighted by Gasteiger charge is -2.12. The number of ether oxygens (including phenoxy) is 1. The molecule has 0 fully saturated rings. The van der Waals surface area contributed by atoms with Crippen LogP contribution in [0.1, 0.15) is 38.8 Å². The second-order valence-corrected chi connectivity index (χ2v) is 3.53. The minimum atomic E-state index is -0.401. The molecular formula is C12H15NO3. The lowest BCUT2D eigenvalue weighted by molar-refractivity contribution is 0.0524. The molecule has 0 atom stereocenters. The first-order valence-electron chi connectivity index (χ1n) is 5.04. The Labute approximate surface area is 94.4 Å². The summed E-state index contributed by atoms with van der Waals surface area (Å²) in [4.78, 5) is 22.4. The molecule has 1 aromatic carbocycles. The van der Waals surface area contributed by atoms with Crippen LogP contribution in [0, 0.1) is 13.8 Å². The molecule has 86 valence electrons. The molecule has 0 amide bonds. The number of carbonyl (C=O) groups excluding carboxylic acids is 2. The smallest absolute Gasteiger partial charge is 0.338 e. The van der Waals surface area contributed by atoms with E-state index in [1.807, 2.05) is 0 Å². The molecule has 4 nitrogen and oxygen atoms in total. The molecule has 0 aliphatic rings. The number of carbonyl (C=O) groups is 2. The Balaban J connectivity index is 3.36. The number of anilines is 1. The Morgan fingerprint density at radius 3 is 2.62 bits per heavy atom. The van der Waals surface area contributed by atoms with Crippen molar-refractivity contribution in [1.82, 2.24) is 0 Å². The van der Waals surface area contributed by atoms with Gasteiger partial charge in [-0.25, -0.2) is 4.79 Å². The van der Waals surface area contributed by atoms with Crippen molar-refractivity contribution >= 4 is 17.9 Å². The fourth-order valence-corrected chi connectivity index (χ4v) is 1.64. The minimum Gasteiger partial charge on any atom is -0.462 e. The summed E-state index contributed by atoms with van der Waals surface area (Å²) in [6.45, 7) is 5.52. The van der Waals surface area contributed by atoms with Gasteiger partial charge in [-0.05, 0) is 38.0 Å². The van der Waals surface area contributed by atoms with Crippen molar-refractivity contribution in [3.8, 4) is 0 Å². The Bertz CT molecular complexity index is 438. The highest BCUT2D eigenvalue weighted by molar-refractivity contribution is 5.97. The van der Waals surface area contributed by atoms with E-state index in [0.717, 1.165) is 0 Å². The van der Waals surface area contributed by atoms with Crippen molar-refractivity contribution in [2.45, 2.75) is 20.8 Å². The first-order valence-corrected chi connectivity index (χ1v) is 5.04. The molecule has 4 heteroatoms. The normalized spacial score (nSPS) is 9.94. The van der Waals surface area contributed by atoms with E-state index in [1.165, 1.54) is 0 Å². The van der Waals surface area contributed by atoms with Crippen molar-refractivity contribution in [3.05, 3.63) is 28.3 Å². The van der Waals surface area contributed by atoms with E-state index in [0.29, 0.717) is 40.8 Å². The van der Waals surface area contributed by atoms with E-state index < -0.39 is 5.97 Å². The third-order valence-corrected chi connectivity index (χ3v) is 2.46. The number of hydrogen-bond donors (Lipinski definition) is 1. The quantitative estimate of drug-likeness (QED) is 0.480. The van der Waals surface area contributed by atoms with Gasteiger partial charge in [0.1, 0.15) is 0 Å². The number of hydrogen-bond acceptors (Lipinski definition) is 4. The highest BCUT2D eigenvalue weighted by Gasteiger charge is 2.17. The zero-order valence-corrected chi connectivity index (χ0v) is 9.66. The molecular weight excluding hydrogens is 206 g/mol. The molecule has 0 bridgehead atoms. The Kier molecular flexibility index (Phi) is 3.66. The summed E-state index contributed by atoms with van der Waals surface area (Å²) in [5, 5.41) is 0. The van der Waals surface area contributed by atoms with Gasteiger partial charge in [0.2, 0.25) is 0 Å². The van der Waals surface area contributed by atoms with E-state index in [9.17, 15) is 9.59 Å². The van der Waals surface area contributed by atoms with Crippen molar-refractivity contribution in [3.63, 3.8) is 0 Å². The second-order valence-electron chi connectivity index (χ2n) is 3.53. The van der Waals surface area contributed by atoms with E-state index in [-0.39, 0.29) is 0 Å². The maximum atomic E-state index is 11.7. The summed E-state index contributed by atoms with van der Waals surface area (Å²) in [5.41, 5.74) is 8.25. The maximum Gasteiger partial charge on any atom is 0.338 e. The largest absolute Gasteiger partial charge is 0.462 e. The average molecular weight is 221 g/mol. The highest BCUT2D eigenvalue weighted by atomic mass is 16.5. The number of nitrogen functional groups attached to an aromatic ring is 1. The lowest BCUT2D eigenvalue weighted by Crippen LogP contribution is -2.12. The monoisotopic (exact) mass is 221 g/mol. The van der Waals surface area contributed by atoms with Crippen LogP contribution in [0.2, 0.25) is 0 Å². The summed E-state index contributed by atoms with van der Waals surface area (Å²) in [7, 11) is 0. The topological polar surface area (TPSA) is 69.4 Å². The molecule has 0 saturated heterocycles. The van der Waals surface area contributed by atoms with Gasteiger partial charge in [-0.2, -0.15) is 0 Å². The molecule has 1 rings (SSSR count). The fraction of sp³-hybridized carbons (Fsp3) is 0.333. The molecule has 1 aromatic rings. The lowest BCUT2D eigenvalue weighted by atomic mass is 9.97. The van der Waals surface area contributed by atoms with Gasteiger partial charge in [-0.15, -0.1) is 0 Å². The number of rotatable bonds is 3. The molecule has 0 saturated carbocycles. The molecule has 0 unspecified atom stereocenters. The molecule has 0 aliphatic carbocycles. The van der Waals surface area contributed by atoms with Crippen LogP contribution in [0.4, 0.5) is 5.69 Å². The zero-order chi connectivity index (χ0) is 12.3. The summed E-state index contributed by atoms with van der Waals surface area (Å²) in [6, 6.07) is 1.60. The maximum absolute atomic E-state index is 11.7. The fourth-order valence-electron chi connectivity index (χ4n) is 1.64. The van der Waals surface area contributed by atoms with Crippen molar-refractivity contribution in [1.29, 1.82) is 0 Å². The first-order chi connectivity index (χ1) is 7.52. The van der Waals surface area contributed by atoms with Crippen molar-refractivity contribution < 1.29 is 14.3 Å². The Morgan fingerprint density at radius 1 is 1.50 bits per heavy atom. The van der Waals surface area contributed by atoms with E-state index >= 15 is 0 Å².